The minimum absolute atomic E-state index is 0. The first-order chi connectivity index (χ1) is 10.5. The SMILES string of the molecule is CN1C(=CC=Cc2cc[n+](C)cc2)C(C)(C)c2ccccc21.[I-]. The third-order valence-electron chi connectivity index (χ3n) is 4.49. The second-order valence-corrected chi connectivity index (χ2v) is 6.41. The Morgan fingerprint density at radius 3 is 2.35 bits per heavy atom. The van der Waals surface area contributed by atoms with Gasteiger partial charge in [-0.25, -0.2) is 4.57 Å². The zero-order chi connectivity index (χ0) is 15.7. The van der Waals surface area contributed by atoms with Gasteiger partial charge in [-0.2, -0.15) is 0 Å². The normalized spacial score (nSPS) is 17.4. The molecule has 0 saturated carbocycles. The van der Waals surface area contributed by atoms with Crippen LogP contribution in [0.1, 0.15) is 25.0 Å². The van der Waals surface area contributed by atoms with Crippen molar-refractivity contribution in [3.8, 4) is 0 Å². The molecule has 1 aliphatic rings. The molecular weight excluding hydrogens is 395 g/mol. The number of pyridine rings is 1. The minimum Gasteiger partial charge on any atom is -1.00 e. The van der Waals surface area contributed by atoms with E-state index in [4.69, 9.17) is 0 Å². The van der Waals surface area contributed by atoms with Gasteiger partial charge in [0.05, 0.1) is 0 Å². The van der Waals surface area contributed by atoms with Crippen LogP contribution in [0.4, 0.5) is 5.69 Å². The Labute approximate surface area is 156 Å². The largest absolute Gasteiger partial charge is 1.00 e. The van der Waals surface area contributed by atoms with E-state index >= 15 is 0 Å². The monoisotopic (exact) mass is 418 g/mol. The van der Waals surface area contributed by atoms with Crippen molar-refractivity contribution in [2.75, 3.05) is 11.9 Å². The minimum atomic E-state index is 0. The van der Waals surface area contributed by atoms with Gasteiger partial charge in [-0.3, -0.25) is 0 Å². The Bertz CT molecular complexity index is 742. The van der Waals surface area contributed by atoms with E-state index in [9.17, 15) is 0 Å². The van der Waals surface area contributed by atoms with Crippen LogP contribution in [0.25, 0.3) is 6.08 Å². The summed E-state index contributed by atoms with van der Waals surface area (Å²) in [5.41, 5.74) is 5.28. The topological polar surface area (TPSA) is 7.12 Å². The van der Waals surface area contributed by atoms with Gasteiger partial charge in [-0.1, -0.05) is 44.2 Å². The number of fused-ring (bicyclic) bond motifs is 1. The van der Waals surface area contributed by atoms with Gasteiger partial charge in [-0.15, -0.1) is 0 Å². The van der Waals surface area contributed by atoms with Crippen molar-refractivity contribution >= 4 is 11.8 Å². The molecule has 3 heteroatoms. The lowest BCUT2D eigenvalue weighted by Gasteiger charge is -2.23. The molecule has 0 atom stereocenters. The number of likely N-dealkylation sites (N-methyl/N-ethyl adjacent to an activating group) is 1. The summed E-state index contributed by atoms with van der Waals surface area (Å²) < 4.78 is 2.04. The quantitative estimate of drug-likeness (QED) is 0.518. The number of nitrogens with zero attached hydrogens (tertiary/aromatic N) is 2. The van der Waals surface area contributed by atoms with E-state index in [1.54, 1.807) is 0 Å². The highest BCUT2D eigenvalue weighted by molar-refractivity contribution is 5.70. The van der Waals surface area contributed by atoms with Gasteiger partial charge in [0.25, 0.3) is 0 Å². The van der Waals surface area contributed by atoms with Crippen molar-refractivity contribution < 1.29 is 28.5 Å². The number of halogens is 1. The molecule has 0 aliphatic carbocycles. The molecule has 0 unspecified atom stereocenters. The smallest absolute Gasteiger partial charge is 0.169 e. The summed E-state index contributed by atoms with van der Waals surface area (Å²) in [5.74, 6) is 0. The number of allylic oxidation sites excluding steroid dienone is 3. The van der Waals surface area contributed by atoms with Crippen molar-refractivity contribution in [1.29, 1.82) is 0 Å². The van der Waals surface area contributed by atoms with Crippen LogP contribution in [0.15, 0.2) is 66.6 Å². The number of hydrogen-bond acceptors (Lipinski definition) is 1. The maximum Gasteiger partial charge on any atom is 0.169 e. The summed E-state index contributed by atoms with van der Waals surface area (Å²) in [6, 6.07) is 12.9. The molecule has 0 radical (unpaired) electrons. The second-order valence-electron chi connectivity index (χ2n) is 6.41. The van der Waals surface area contributed by atoms with Gasteiger partial charge in [0, 0.05) is 36.0 Å². The van der Waals surface area contributed by atoms with Crippen LogP contribution in [0, 0.1) is 0 Å². The van der Waals surface area contributed by atoms with Gasteiger partial charge < -0.3 is 28.9 Å². The lowest BCUT2D eigenvalue weighted by Crippen LogP contribution is -3.00. The van der Waals surface area contributed by atoms with Gasteiger partial charge in [0.1, 0.15) is 7.05 Å². The predicted molar refractivity (Wildman–Crippen MR) is 92.6 cm³/mol. The number of rotatable bonds is 2. The number of aromatic nitrogens is 1. The Balaban J connectivity index is 0.00000192. The van der Waals surface area contributed by atoms with Crippen molar-refractivity contribution in [3.05, 3.63) is 77.8 Å². The summed E-state index contributed by atoms with van der Waals surface area (Å²) in [6.07, 6.45) is 10.7. The van der Waals surface area contributed by atoms with E-state index in [1.807, 2.05) is 11.6 Å². The Morgan fingerprint density at radius 1 is 1.04 bits per heavy atom. The molecule has 2 nitrogen and oxygen atoms in total. The average molecular weight is 418 g/mol. The Morgan fingerprint density at radius 2 is 1.70 bits per heavy atom. The number of benzene rings is 1. The lowest BCUT2D eigenvalue weighted by molar-refractivity contribution is -0.671. The first-order valence-corrected chi connectivity index (χ1v) is 7.67. The molecule has 0 spiro atoms. The lowest BCUT2D eigenvalue weighted by atomic mass is 9.84. The first kappa shape index (κ1) is 17.7. The van der Waals surface area contributed by atoms with Crippen LogP contribution in [-0.2, 0) is 12.5 Å². The number of para-hydroxylation sites is 1. The van der Waals surface area contributed by atoms with Crippen LogP contribution < -0.4 is 33.4 Å². The molecule has 2 aromatic rings. The van der Waals surface area contributed by atoms with E-state index in [0.717, 1.165) is 0 Å². The predicted octanol–water partition coefficient (Wildman–Crippen LogP) is 0.840. The van der Waals surface area contributed by atoms with Crippen LogP contribution >= 0.6 is 0 Å². The first-order valence-electron chi connectivity index (χ1n) is 7.67. The summed E-state index contributed by atoms with van der Waals surface area (Å²) in [6.45, 7) is 4.58. The van der Waals surface area contributed by atoms with Crippen molar-refractivity contribution in [3.63, 3.8) is 0 Å². The summed E-state index contributed by atoms with van der Waals surface area (Å²) in [4.78, 5) is 2.30. The maximum atomic E-state index is 2.30. The van der Waals surface area contributed by atoms with Gasteiger partial charge in [-0.05, 0) is 23.3 Å². The summed E-state index contributed by atoms with van der Waals surface area (Å²) in [5, 5.41) is 0. The molecule has 0 N–H and O–H groups in total. The molecule has 1 aromatic heterocycles. The zero-order valence-corrected chi connectivity index (χ0v) is 16.3. The average Bonchev–Trinajstić information content (AvgIpc) is 2.70. The van der Waals surface area contributed by atoms with Crippen molar-refractivity contribution in [2.45, 2.75) is 19.3 Å². The molecule has 0 bridgehead atoms. The highest BCUT2D eigenvalue weighted by Crippen LogP contribution is 2.46. The molecular formula is C20H23IN2. The molecule has 2 heterocycles. The second kappa shape index (κ2) is 6.87. The number of aryl methyl sites for hydroxylation is 1. The van der Waals surface area contributed by atoms with Gasteiger partial charge >= 0.3 is 0 Å². The van der Waals surface area contributed by atoms with E-state index < -0.39 is 0 Å². The van der Waals surface area contributed by atoms with E-state index in [2.05, 4.69) is 92.8 Å². The van der Waals surface area contributed by atoms with E-state index in [-0.39, 0.29) is 29.4 Å². The molecule has 3 rings (SSSR count). The molecule has 23 heavy (non-hydrogen) atoms. The van der Waals surface area contributed by atoms with Crippen LogP contribution in [-0.4, -0.2) is 7.05 Å². The van der Waals surface area contributed by atoms with Crippen LogP contribution in [0.5, 0.6) is 0 Å². The highest BCUT2D eigenvalue weighted by atomic mass is 127. The molecule has 0 saturated heterocycles. The Hall–Kier alpha value is -1.62. The third kappa shape index (κ3) is 3.34. The fraction of sp³-hybridized carbons (Fsp3) is 0.250. The van der Waals surface area contributed by atoms with Crippen molar-refractivity contribution in [2.24, 2.45) is 7.05 Å². The number of hydrogen-bond donors (Lipinski definition) is 0. The number of anilines is 1. The fourth-order valence-corrected chi connectivity index (χ4v) is 3.18. The molecule has 1 aliphatic heterocycles. The summed E-state index contributed by atoms with van der Waals surface area (Å²) >= 11 is 0. The Kier molecular flexibility index (Phi) is 5.30. The molecule has 120 valence electrons. The standard InChI is InChI=1S/C20H23N2.HI/c1-20(2)17-9-5-6-10-18(17)22(4)19(20)11-7-8-16-12-14-21(3)15-13-16;/h5-15H,1-4H3;1H/q+1;/p-1. The molecule has 0 amide bonds. The van der Waals surface area contributed by atoms with Crippen LogP contribution in [0.3, 0.4) is 0 Å². The molecule has 0 fully saturated rings. The summed E-state index contributed by atoms with van der Waals surface area (Å²) in [7, 11) is 4.18. The van der Waals surface area contributed by atoms with Gasteiger partial charge in [0.2, 0.25) is 0 Å². The third-order valence-corrected chi connectivity index (χ3v) is 4.49. The van der Waals surface area contributed by atoms with E-state index in [0.29, 0.717) is 0 Å². The van der Waals surface area contributed by atoms with Gasteiger partial charge in [0.15, 0.2) is 12.4 Å². The highest BCUT2D eigenvalue weighted by Gasteiger charge is 2.37. The maximum absolute atomic E-state index is 2.30. The van der Waals surface area contributed by atoms with E-state index in [1.165, 1.54) is 22.5 Å². The molecule has 1 aromatic carbocycles. The zero-order valence-electron chi connectivity index (χ0n) is 14.1. The van der Waals surface area contributed by atoms with Crippen LogP contribution in [0.2, 0.25) is 0 Å². The fourth-order valence-electron chi connectivity index (χ4n) is 3.18. The van der Waals surface area contributed by atoms with Crippen molar-refractivity contribution in [1.82, 2.24) is 0 Å².